The van der Waals surface area contributed by atoms with Crippen LogP contribution < -0.4 is 0 Å². The molecule has 1 aliphatic rings. The van der Waals surface area contributed by atoms with Gasteiger partial charge in [-0.25, -0.2) is 13.2 Å². The number of hydrogen-bond acceptors (Lipinski definition) is 8. The molecule has 3 aromatic rings. The Kier molecular flexibility index (Phi) is 5.44. The van der Waals surface area contributed by atoms with Gasteiger partial charge < -0.3 is 13.7 Å². The van der Waals surface area contributed by atoms with Crippen molar-refractivity contribution < 1.29 is 26.9 Å². The summed E-state index contributed by atoms with van der Waals surface area (Å²) in [5, 5.41) is 3.96. The molecule has 3 heterocycles. The molecule has 158 valence electrons. The van der Waals surface area contributed by atoms with Gasteiger partial charge in [0.15, 0.2) is 5.76 Å². The van der Waals surface area contributed by atoms with E-state index in [0.29, 0.717) is 30.4 Å². The van der Waals surface area contributed by atoms with Gasteiger partial charge in [0.25, 0.3) is 0 Å². The second kappa shape index (κ2) is 8.04. The highest BCUT2D eigenvalue weighted by molar-refractivity contribution is 7.89. The number of carbonyl (C=O) groups excluding carboxylic acids is 1. The molecule has 0 saturated carbocycles. The van der Waals surface area contributed by atoms with E-state index in [1.165, 1.54) is 35.7 Å². The van der Waals surface area contributed by atoms with Crippen molar-refractivity contribution in [1.82, 2.24) is 14.4 Å². The van der Waals surface area contributed by atoms with E-state index in [1.54, 1.807) is 6.07 Å². The number of aromatic nitrogens is 2. The Hall–Kier alpha value is -2.98. The molecule has 0 N–H and O–H groups in total. The summed E-state index contributed by atoms with van der Waals surface area (Å²) in [7, 11) is -2.54. The molecule has 1 saturated heterocycles. The molecular formula is C20H21N3O6S. The molecule has 0 amide bonds. The van der Waals surface area contributed by atoms with Crippen LogP contribution in [0.1, 0.15) is 40.8 Å². The summed E-state index contributed by atoms with van der Waals surface area (Å²) < 4.78 is 43.3. The van der Waals surface area contributed by atoms with Crippen LogP contribution in [0.25, 0.3) is 11.6 Å². The number of benzene rings is 1. The molecule has 1 aliphatic heterocycles. The molecule has 4 rings (SSSR count). The van der Waals surface area contributed by atoms with E-state index >= 15 is 0 Å². The first-order valence-corrected chi connectivity index (χ1v) is 10.9. The molecule has 0 spiro atoms. The van der Waals surface area contributed by atoms with Gasteiger partial charge in [0.2, 0.25) is 21.7 Å². The SMILES string of the molecule is COC(=O)c1cccc(S(=O)(=O)N2CCC[C@@H](c3nc(-c4ccc(C)o4)no3)C2)c1. The topological polar surface area (TPSA) is 116 Å². The summed E-state index contributed by atoms with van der Waals surface area (Å²) in [5.74, 6) is 1.14. The molecule has 0 bridgehead atoms. The number of methoxy groups -OCH3 is 1. The predicted octanol–water partition coefficient (Wildman–Crippen LogP) is 2.99. The minimum Gasteiger partial charge on any atom is -0.465 e. The number of piperidine rings is 1. The van der Waals surface area contributed by atoms with Crippen LogP contribution in [0.15, 0.2) is 50.2 Å². The smallest absolute Gasteiger partial charge is 0.337 e. The maximum Gasteiger partial charge on any atom is 0.337 e. The van der Waals surface area contributed by atoms with Gasteiger partial charge in [-0.15, -0.1) is 0 Å². The molecule has 0 unspecified atom stereocenters. The first-order valence-electron chi connectivity index (χ1n) is 9.47. The highest BCUT2D eigenvalue weighted by Crippen LogP contribution is 2.31. The average molecular weight is 431 g/mol. The zero-order valence-corrected chi connectivity index (χ0v) is 17.4. The molecule has 0 radical (unpaired) electrons. The minimum absolute atomic E-state index is 0.0447. The van der Waals surface area contributed by atoms with Crippen LogP contribution in [0, 0.1) is 6.92 Å². The number of carbonyl (C=O) groups is 1. The van der Waals surface area contributed by atoms with Gasteiger partial charge in [0.05, 0.1) is 23.5 Å². The first kappa shape index (κ1) is 20.3. The fourth-order valence-corrected chi connectivity index (χ4v) is 5.04. The van der Waals surface area contributed by atoms with Gasteiger partial charge in [-0.2, -0.15) is 9.29 Å². The third kappa shape index (κ3) is 3.88. The van der Waals surface area contributed by atoms with Gasteiger partial charge in [-0.3, -0.25) is 0 Å². The number of aryl methyl sites for hydroxylation is 1. The fraction of sp³-hybridized carbons (Fsp3) is 0.350. The van der Waals surface area contributed by atoms with Crippen molar-refractivity contribution in [3.63, 3.8) is 0 Å². The summed E-state index contributed by atoms with van der Waals surface area (Å²) >= 11 is 0. The van der Waals surface area contributed by atoms with Gasteiger partial charge in [-0.05, 0) is 50.1 Å². The van der Waals surface area contributed by atoms with Crippen LogP contribution in [-0.4, -0.2) is 49.0 Å². The van der Waals surface area contributed by atoms with Crippen LogP contribution in [0.2, 0.25) is 0 Å². The number of sulfonamides is 1. The Morgan fingerprint density at radius 1 is 1.27 bits per heavy atom. The van der Waals surface area contributed by atoms with Crippen molar-refractivity contribution in [3.8, 4) is 11.6 Å². The molecule has 0 aliphatic carbocycles. The normalized spacial score (nSPS) is 17.7. The number of nitrogens with zero attached hydrogens (tertiary/aromatic N) is 3. The van der Waals surface area contributed by atoms with E-state index in [0.717, 1.165) is 12.2 Å². The number of rotatable bonds is 5. The average Bonchev–Trinajstić information content (AvgIpc) is 3.42. The molecule has 1 fully saturated rings. The molecule has 10 heteroatoms. The molecule has 9 nitrogen and oxygen atoms in total. The van der Waals surface area contributed by atoms with Gasteiger partial charge >= 0.3 is 5.97 Å². The lowest BCUT2D eigenvalue weighted by molar-refractivity contribution is 0.0600. The van der Waals surface area contributed by atoms with E-state index in [4.69, 9.17) is 8.94 Å². The maximum atomic E-state index is 13.1. The largest absolute Gasteiger partial charge is 0.465 e. The van der Waals surface area contributed by atoms with Crippen LogP contribution in [0.5, 0.6) is 0 Å². The highest BCUT2D eigenvalue weighted by atomic mass is 32.2. The van der Waals surface area contributed by atoms with Crippen LogP contribution >= 0.6 is 0 Å². The van der Waals surface area contributed by atoms with Crippen LogP contribution in [0.4, 0.5) is 0 Å². The van der Waals surface area contributed by atoms with Crippen molar-refractivity contribution in [2.45, 2.75) is 30.6 Å². The third-order valence-corrected chi connectivity index (χ3v) is 6.89. The van der Waals surface area contributed by atoms with Gasteiger partial charge in [0.1, 0.15) is 5.76 Å². The first-order chi connectivity index (χ1) is 14.4. The lowest BCUT2D eigenvalue weighted by Gasteiger charge is -2.30. The molecular weight excluding hydrogens is 410 g/mol. The molecule has 2 aromatic heterocycles. The van der Waals surface area contributed by atoms with E-state index < -0.39 is 16.0 Å². The summed E-state index contributed by atoms with van der Waals surface area (Å²) in [6.45, 7) is 2.41. The van der Waals surface area contributed by atoms with Crippen molar-refractivity contribution in [3.05, 3.63) is 53.6 Å². The predicted molar refractivity (Wildman–Crippen MR) is 105 cm³/mol. The van der Waals surface area contributed by atoms with E-state index in [2.05, 4.69) is 14.9 Å². The Morgan fingerprint density at radius 2 is 2.10 bits per heavy atom. The lowest BCUT2D eigenvalue weighted by Crippen LogP contribution is -2.39. The Balaban J connectivity index is 1.55. The second-order valence-corrected chi connectivity index (χ2v) is 9.03. The lowest BCUT2D eigenvalue weighted by atomic mass is 10.00. The number of furan rings is 1. The maximum absolute atomic E-state index is 13.1. The molecule has 1 atom stereocenters. The summed E-state index contributed by atoms with van der Waals surface area (Å²) in [6, 6.07) is 9.40. The Morgan fingerprint density at radius 3 is 2.83 bits per heavy atom. The number of hydrogen-bond donors (Lipinski definition) is 0. The van der Waals surface area contributed by atoms with Gasteiger partial charge in [0, 0.05) is 13.1 Å². The summed E-state index contributed by atoms with van der Waals surface area (Å²) in [5.41, 5.74) is 0.183. The molecule has 1 aromatic carbocycles. The van der Waals surface area contributed by atoms with Crippen molar-refractivity contribution in [2.75, 3.05) is 20.2 Å². The number of esters is 1. The third-order valence-electron chi connectivity index (χ3n) is 5.03. The quantitative estimate of drug-likeness (QED) is 0.566. The van der Waals surface area contributed by atoms with Gasteiger partial charge in [-0.1, -0.05) is 11.2 Å². The van der Waals surface area contributed by atoms with Crippen molar-refractivity contribution in [2.24, 2.45) is 0 Å². The highest BCUT2D eigenvalue weighted by Gasteiger charge is 2.34. The standard InChI is InChI=1S/C20H21N3O6S/c1-13-8-9-17(28-13)18-21-19(29-22-18)15-6-4-10-23(12-15)30(25,26)16-7-3-5-14(11-16)20(24)27-2/h3,5,7-9,11,15H,4,6,10,12H2,1-2H3/t15-/m1/s1. The van der Waals surface area contributed by atoms with Crippen molar-refractivity contribution >= 4 is 16.0 Å². The minimum atomic E-state index is -3.79. The van der Waals surface area contributed by atoms with E-state index in [1.807, 2.05) is 13.0 Å². The summed E-state index contributed by atoms with van der Waals surface area (Å²) in [4.78, 5) is 16.2. The monoisotopic (exact) mass is 431 g/mol. The number of ether oxygens (including phenoxy) is 1. The van der Waals surface area contributed by atoms with Crippen LogP contribution in [0.3, 0.4) is 0 Å². The van der Waals surface area contributed by atoms with Crippen LogP contribution in [-0.2, 0) is 14.8 Å². The molecule has 30 heavy (non-hydrogen) atoms. The van der Waals surface area contributed by atoms with E-state index in [-0.39, 0.29) is 22.9 Å². The Labute approximate surface area is 173 Å². The Bertz CT molecular complexity index is 1170. The zero-order valence-electron chi connectivity index (χ0n) is 16.6. The summed E-state index contributed by atoms with van der Waals surface area (Å²) in [6.07, 6.45) is 1.38. The zero-order chi connectivity index (χ0) is 21.3. The fourth-order valence-electron chi connectivity index (χ4n) is 3.47. The second-order valence-electron chi connectivity index (χ2n) is 7.09. The van der Waals surface area contributed by atoms with E-state index in [9.17, 15) is 13.2 Å². The van der Waals surface area contributed by atoms with Crippen molar-refractivity contribution in [1.29, 1.82) is 0 Å².